The predicted molar refractivity (Wildman–Crippen MR) is 270 cm³/mol. The molecule has 70 heavy (non-hydrogen) atoms. The maximum Gasteiger partial charge on any atom is 0.407 e. The Labute approximate surface area is 410 Å². The maximum absolute atomic E-state index is 13.8. The number of likely N-dealkylation sites (tertiary alicyclic amines) is 2. The normalized spacial score (nSPS) is 20.0. The Hall–Kier alpha value is -6.96. The number of amides is 4. The van der Waals surface area contributed by atoms with Gasteiger partial charge in [0, 0.05) is 13.1 Å². The number of methoxy groups -OCH3 is 2. The van der Waals surface area contributed by atoms with Crippen LogP contribution in [0.1, 0.15) is 119 Å². The lowest BCUT2D eigenvalue weighted by atomic mass is 9.74. The number of hydrogen-bond donors (Lipinski definition) is 4. The number of ether oxygens (including phenoxy) is 2. The Morgan fingerprint density at radius 3 is 1.53 bits per heavy atom. The summed E-state index contributed by atoms with van der Waals surface area (Å²) in [6.07, 6.45) is 13.1. The fraction of sp³-hybridized carbons (Fsp3) is 0.429. The molecular weight excluding hydrogens is 881 g/mol. The van der Waals surface area contributed by atoms with Crippen molar-refractivity contribution in [3.8, 4) is 22.5 Å². The topological polar surface area (TPSA) is 175 Å². The Balaban J connectivity index is 0.949. The van der Waals surface area contributed by atoms with Gasteiger partial charge in [-0.1, -0.05) is 107 Å². The van der Waals surface area contributed by atoms with Crippen LogP contribution in [0.2, 0.25) is 0 Å². The lowest BCUT2D eigenvalue weighted by Crippen LogP contribution is -2.51. The fourth-order valence-corrected chi connectivity index (χ4v) is 10.9. The van der Waals surface area contributed by atoms with Gasteiger partial charge in [-0.25, -0.2) is 19.6 Å². The fourth-order valence-electron chi connectivity index (χ4n) is 10.9. The molecule has 366 valence electrons. The lowest BCUT2D eigenvalue weighted by Gasteiger charge is -2.30. The molecule has 5 atom stereocenters. The molecule has 14 nitrogen and oxygen atoms in total. The van der Waals surface area contributed by atoms with E-state index in [-0.39, 0.29) is 35.7 Å². The summed E-state index contributed by atoms with van der Waals surface area (Å²) < 4.78 is 9.63. The van der Waals surface area contributed by atoms with Crippen LogP contribution in [0.3, 0.4) is 0 Å². The minimum absolute atomic E-state index is 0.107. The van der Waals surface area contributed by atoms with Crippen LogP contribution in [-0.2, 0) is 31.9 Å². The molecule has 5 aliphatic carbocycles. The third kappa shape index (κ3) is 10.2. The summed E-state index contributed by atoms with van der Waals surface area (Å²) in [7, 11) is 2.61. The van der Waals surface area contributed by atoms with Gasteiger partial charge in [0.1, 0.15) is 23.7 Å². The SMILES string of the molecule is COC(=O)N[C@H](C(=O)N1CCC[C@H]1c1ncc(-c2ccc(C3=CC4=C(c5ccc(-c6cnc([C@@H]7CCCN7C(=O)[C@@H](NC(=O)OC)C(C)C)[nH]6)cc5)C[C@@H]3CCc3ccc(cc3)CC4)cc2)[nH]1)C(C)C. The maximum atomic E-state index is 13.8. The van der Waals surface area contributed by atoms with E-state index in [1.807, 2.05) is 49.9 Å². The van der Waals surface area contributed by atoms with Crippen LogP contribution in [-0.4, -0.2) is 93.1 Å². The number of rotatable bonds is 12. The van der Waals surface area contributed by atoms with Crippen molar-refractivity contribution >= 4 is 35.1 Å². The Morgan fingerprint density at radius 1 is 0.600 bits per heavy atom. The standard InChI is InChI=1S/C56H66N8O6/c1-33(2)49(61-55(67)69-5)53(65)63-27-7-9-47(63)51-57-31-45(59-51)39-23-19-37(20-24-39)43-29-42-18-16-36-13-11-35(12-14-36)15-17-41(43)30-44(42)38-21-25-40(26-22-38)46-32-58-52(60-46)48-10-8-28-64(48)54(66)50(34(3)4)62-56(68)70-6/h11-14,19-26,29,31-34,41,47-50H,7-10,15-18,27-28,30H2,1-6H3,(H,57,59)(H,58,60)(H,61,67)(H,62,68)/t41-,47-,48-,49-,50-/m0/s1. The molecule has 2 fully saturated rings. The third-order valence-electron chi connectivity index (χ3n) is 14.8. The number of imidazole rings is 2. The molecule has 4 bridgehead atoms. The number of H-pyrrole nitrogens is 2. The third-order valence-corrected chi connectivity index (χ3v) is 14.8. The number of carbonyl (C=O) groups is 4. The zero-order valence-corrected chi connectivity index (χ0v) is 41.2. The molecule has 0 radical (unpaired) electrons. The number of carbonyl (C=O) groups excluding carboxylic acids is 4. The highest BCUT2D eigenvalue weighted by molar-refractivity contribution is 5.88. The monoisotopic (exact) mass is 947 g/mol. The largest absolute Gasteiger partial charge is 0.453 e. The first kappa shape index (κ1) is 48.1. The van der Waals surface area contributed by atoms with E-state index in [1.165, 1.54) is 53.2 Å². The quantitative estimate of drug-likeness (QED) is 0.0956. The summed E-state index contributed by atoms with van der Waals surface area (Å²) in [5, 5.41) is 5.47. The molecule has 4 heterocycles. The molecule has 3 aromatic carbocycles. The van der Waals surface area contributed by atoms with Crippen molar-refractivity contribution in [1.29, 1.82) is 0 Å². The zero-order chi connectivity index (χ0) is 49.1. The molecule has 0 unspecified atom stereocenters. The second-order valence-corrected chi connectivity index (χ2v) is 20.0. The van der Waals surface area contributed by atoms with Crippen molar-refractivity contribution in [3.63, 3.8) is 0 Å². The molecule has 7 aliphatic rings. The number of aromatic amines is 2. The van der Waals surface area contributed by atoms with E-state index < -0.39 is 24.3 Å². The highest BCUT2D eigenvalue weighted by Gasteiger charge is 2.39. The summed E-state index contributed by atoms with van der Waals surface area (Å²) in [6, 6.07) is 25.0. The summed E-state index contributed by atoms with van der Waals surface area (Å²) in [6.45, 7) is 8.88. The van der Waals surface area contributed by atoms with Gasteiger partial charge in [-0.05, 0) is 126 Å². The highest BCUT2D eigenvalue weighted by atomic mass is 16.5. The van der Waals surface area contributed by atoms with Crippen molar-refractivity contribution in [2.75, 3.05) is 27.3 Å². The summed E-state index contributed by atoms with van der Waals surface area (Å²) >= 11 is 0. The molecule has 2 aliphatic heterocycles. The van der Waals surface area contributed by atoms with Crippen molar-refractivity contribution < 1.29 is 28.7 Å². The molecule has 2 aromatic heterocycles. The van der Waals surface area contributed by atoms with Gasteiger partial charge in [-0.15, -0.1) is 0 Å². The van der Waals surface area contributed by atoms with E-state index in [4.69, 9.17) is 19.4 Å². The van der Waals surface area contributed by atoms with Crippen LogP contribution in [0.4, 0.5) is 9.59 Å². The summed E-state index contributed by atoms with van der Waals surface area (Å²) in [5.74, 6) is 1.33. The van der Waals surface area contributed by atoms with Gasteiger partial charge >= 0.3 is 12.2 Å². The molecule has 12 rings (SSSR count). The molecular formula is C56H66N8O6. The number of nitrogens with one attached hydrogen (secondary N) is 4. The number of benzene rings is 3. The average Bonchev–Trinajstić information content (AvgIpc) is 4.23. The van der Waals surface area contributed by atoms with Crippen LogP contribution in [0.25, 0.3) is 33.7 Å². The minimum Gasteiger partial charge on any atom is -0.453 e. The molecule has 14 heteroatoms. The second kappa shape index (κ2) is 21.0. The van der Waals surface area contributed by atoms with Crippen LogP contribution < -0.4 is 10.6 Å². The smallest absolute Gasteiger partial charge is 0.407 e. The minimum atomic E-state index is -0.690. The summed E-state index contributed by atoms with van der Waals surface area (Å²) in [4.78, 5) is 72.1. The molecule has 5 aromatic rings. The first-order valence-corrected chi connectivity index (χ1v) is 25.0. The molecule has 4 N–H and O–H groups in total. The van der Waals surface area contributed by atoms with Gasteiger partial charge in [-0.2, -0.15) is 0 Å². The number of hydrogen-bond acceptors (Lipinski definition) is 8. The molecule has 2 saturated heterocycles. The number of aryl methyl sites for hydroxylation is 2. The van der Waals surface area contributed by atoms with Crippen molar-refractivity contribution in [3.05, 3.63) is 131 Å². The lowest BCUT2D eigenvalue weighted by molar-refractivity contribution is -0.136. The molecule has 0 spiro atoms. The van der Waals surface area contributed by atoms with E-state index in [1.54, 1.807) is 0 Å². The Bertz CT molecular complexity index is 2750. The second-order valence-electron chi connectivity index (χ2n) is 20.0. The van der Waals surface area contributed by atoms with E-state index in [2.05, 4.69) is 99.5 Å². The number of allylic oxidation sites excluding steroid dienone is 4. The van der Waals surface area contributed by atoms with Gasteiger partial charge in [0.05, 0.1) is 50.1 Å². The van der Waals surface area contributed by atoms with Crippen molar-refractivity contribution in [2.45, 2.75) is 110 Å². The van der Waals surface area contributed by atoms with Crippen molar-refractivity contribution in [2.24, 2.45) is 17.8 Å². The van der Waals surface area contributed by atoms with Gasteiger partial charge in [0.2, 0.25) is 11.8 Å². The van der Waals surface area contributed by atoms with Crippen LogP contribution in [0.15, 0.2) is 96.8 Å². The Morgan fingerprint density at radius 2 is 1.06 bits per heavy atom. The summed E-state index contributed by atoms with van der Waals surface area (Å²) in [5.41, 5.74) is 13.1. The van der Waals surface area contributed by atoms with E-state index in [9.17, 15) is 19.2 Å². The van der Waals surface area contributed by atoms with E-state index in [0.29, 0.717) is 19.0 Å². The van der Waals surface area contributed by atoms with Gasteiger partial charge in [0.25, 0.3) is 0 Å². The van der Waals surface area contributed by atoms with Crippen LogP contribution in [0, 0.1) is 17.8 Å². The highest BCUT2D eigenvalue weighted by Crippen LogP contribution is 2.44. The average molecular weight is 947 g/mol. The number of nitrogens with zero attached hydrogens (tertiary/aromatic N) is 4. The van der Waals surface area contributed by atoms with E-state index >= 15 is 0 Å². The molecule has 4 amide bonds. The predicted octanol–water partition coefficient (Wildman–Crippen LogP) is 9.99. The first-order chi connectivity index (χ1) is 33.9. The van der Waals surface area contributed by atoms with Crippen molar-refractivity contribution in [1.82, 2.24) is 40.4 Å². The zero-order valence-electron chi connectivity index (χ0n) is 41.2. The Kier molecular flexibility index (Phi) is 14.4. The van der Waals surface area contributed by atoms with Crippen LogP contribution in [0.5, 0.6) is 0 Å². The molecule has 0 saturated carbocycles. The van der Waals surface area contributed by atoms with Crippen LogP contribution >= 0.6 is 0 Å². The number of aromatic nitrogens is 4. The van der Waals surface area contributed by atoms with Gasteiger partial charge < -0.3 is 39.9 Å². The van der Waals surface area contributed by atoms with Gasteiger partial charge in [-0.3, -0.25) is 9.59 Å². The number of alkyl carbamates (subject to hydrolysis) is 2. The van der Waals surface area contributed by atoms with Gasteiger partial charge in [0.15, 0.2) is 0 Å². The van der Waals surface area contributed by atoms with E-state index in [0.717, 1.165) is 92.0 Å². The first-order valence-electron chi connectivity index (χ1n) is 25.0.